The van der Waals surface area contributed by atoms with E-state index in [-0.39, 0.29) is 5.54 Å². The van der Waals surface area contributed by atoms with Gasteiger partial charge in [-0.05, 0) is 12.8 Å². The van der Waals surface area contributed by atoms with E-state index >= 15 is 0 Å². The molecule has 2 aliphatic rings. The lowest BCUT2D eigenvalue weighted by Gasteiger charge is -2.48. The van der Waals surface area contributed by atoms with Gasteiger partial charge < -0.3 is 9.72 Å². The maximum Gasteiger partial charge on any atom is 0.0926 e. The summed E-state index contributed by atoms with van der Waals surface area (Å²) in [6.45, 7) is 4.44. The summed E-state index contributed by atoms with van der Waals surface area (Å²) in [5, 5.41) is 4.97. The molecular formula is C15H20ClN5O. The summed E-state index contributed by atoms with van der Waals surface area (Å²) in [5.74, 6) is 0. The number of halogens is 1. The minimum atomic E-state index is 0.0166. The fourth-order valence-electron chi connectivity index (χ4n) is 3.79. The summed E-state index contributed by atoms with van der Waals surface area (Å²) >= 11 is 5.95. The molecule has 1 spiro atoms. The molecule has 7 heteroatoms. The average Bonchev–Trinajstić information content (AvgIpc) is 3.17. The van der Waals surface area contributed by atoms with Crippen LogP contribution in [-0.4, -0.2) is 51.0 Å². The SMILES string of the molecule is Clc1cnn(CCN2CCc3[nH]cnc3C23CCOCC3)c1. The van der Waals surface area contributed by atoms with Crippen molar-refractivity contribution < 1.29 is 4.74 Å². The molecule has 2 aromatic heterocycles. The lowest BCUT2D eigenvalue weighted by atomic mass is 9.80. The highest BCUT2D eigenvalue weighted by molar-refractivity contribution is 6.30. The fraction of sp³-hybridized carbons (Fsp3) is 0.600. The maximum absolute atomic E-state index is 5.95. The van der Waals surface area contributed by atoms with Crippen LogP contribution < -0.4 is 0 Å². The van der Waals surface area contributed by atoms with Gasteiger partial charge in [-0.25, -0.2) is 4.98 Å². The van der Waals surface area contributed by atoms with Crippen LogP contribution in [0.3, 0.4) is 0 Å². The van der Waals surface area contributed by atoms with Gasteiger partial charge in [0.15, 0.2) is 0 Å². The molecule has 0 bridgehead atoms. The van der Waals surface area contributed by atoms with E-state index in [0.29, 0.717) is 5.02 Å². The van der Waals surface area contributed by atoms with Crippen molar-refractivity contribution >= 4 is 11.6 Å². The summed E-state index contributed by atoms with van der Waals surface area (Å²) in [4.78, 5) is 10.5. The van der Waals surface area contributed by atoms with Gasteiger partial charge >= 0.3 is 0 Å². The minimum absolute atomic E-state index is 0.0166. The molecule has 6 nitrogen and oxygen atoms in total. The van der Waals surface area contributed by atoms with Crippen LogP contribution in [0.15, 0.2) is 18.7 Å². The van der Waals surface area contributed by atoms with Gasteiger partial charge in [0.05, 0.1) is 35.3 Å². The molecule has 1 N–H and O–H groups in total. The summed E-state index contributed by atoms with van der Waals surface area (Å²) in [7, 11) is 0. The third kappa shape index (κ3) is 2.35. The Balaban J connectivity index is 1.58. The first-order valence-corrected chi connectivity index (χ1v) is 8.19. The first-order valence-electron chi connectivity index (χ1n) is 7.81. The molecule has 2 aromatic rings. The number of aromatic amines is 1. The number of hydrogen-bond donors (Lipinski definition) is 1. The van der Waals surface area contributed by atoms with Crippen molar-refractivity contribution in [3.63, 3.8) is 0 Å². The molecule has 2 aliphatic heterocycles. The van der Waals surface area contributed by atoms with Gasteiger partial charge in [-0.2, -0.15) is 5.10 Å². The van der Waals surface area contributed by atoms with Crippen molar-refractivity contribution in [1.29, 1.82) is 0 Å². The fourth-order valence-corrected chi connectivity index (χ4v) is 3.95. The number of aromatic nitrogens is 4. The van der Waals surface area contributed by atoms with Crippen LogP contribution in [-0.2, 0) is 23.2 Å². The van der Waals surface area contributed by atoms with E-state index in [0.717, 1.165) is 52.1 Å². The molecule has 0 radical (unpaired) electrons. The number of hydrogen-bond acceptors (Lipinski definition) is 4. The number of nitrogens with one attached hydrogen (secondary N) is 1. The largest absolute Gasteiger partial charge is 0.381 e. The molecule has 1 saturated heterocycles. The zero-order chi connectivity index (χ0) is 15.0. The predicted octanol–water partition coefficient (Wildman–Crippen LogP) is 1.82. The Kier molecular flexibility index (Phi) is 3.68. The standard InChI is InChI=1S/C15H20ClN5O/c16-12-9-19-21(10-12)6-5-20-4-1-13-14(18-11-17-13)15(20)2-7-22-8-3-15/h9-11H,1-8H2,(H,17,18). The highest BCUT2D eigenvalue weighted by Crippen LogP contribution is 2.41. The van der Waals surface area contributed by atoms with E-state index < -0.39 is 0 Å². The van der Waals surface area contributed by atoms with Crippen molar-refractivity contribution in [1.82, 2.24) is 24.6 Å². The van der Waals surface area contributed by atoms with E-state index in [1.54, 1.807) is 6.20 Å². The van der Waals surface area contributed by atoms with Gasteiger partial charge in [0, 0.05) is 44.6 Å². The van der Waals surface area contributed by atoms with Gasteiger partial charge in [0.25, 0.3) is 0 Å². The second-order valence-electron chi connectivity index (χ2n) is 6.03. The molecule has 4 rings (SSSR count). The van der Waals surface area contributed by atoms with Crippen molar-refractivity contribution in [2.24, 2.45) is 0 Å². The van der Waals surface area contributed by atoms with Crippen LogP contribution in [0.1, 0.15) is 24.2 Å². The number of rotatable bonds is 3. The van der Waals surface area contributed by atoms with Crippen LogP contribution in [0.2, 0.25) is 5.02 Å². The quantitative estimate of drug-likeness (QED) is 0.937. The molecule has 1 fully saturated rings. The van der Waals surface area contributed by atoms with Gasteiger partial charge in [0.1, 0.15) is 0 Å². The Bertz CT molecular complexity index is 646. The maximum atomic E-state index is 5.95. The van der Waals surface area contributed by atoms with Crippen LogP contribution in [0.5, 0.6) is 0 Å². The molecular weight excluding hydrogens is 302 g/mol. The molecule has 118 valence electrons. The summed E-state index contributed by atoms with van der Waals surface area (Å²) in [6, 6.07) is 0. The number of ether oxygens (including phenoxy) is 1. The molecule has 0 aromatic carbocycles. The van der Waals surface area contributed by atoms with Crippen LogP contribution in [0.4, 0.5) is 0 Å². The van der Waals surface area contributed by atoms with E-state index in [1.807, 2.05) is 17.2 Å². The lowest BCUT2D eigenvalue weighted by molar-refractivity contribution is -0.0423. The number of fused-ring (bicyclic) bond motifs is 2. The minimum Gasteiger partial charge on any atom is -0.381 e. The van der Waals surface area contributed by atoms with Gasteiger partial charge in [-0.15, -0.1) is 0 Å². The van der Waals surface area contributed by atoms with Crippen molar-refractivity contribution in [2.75, 3.05) is 26.3 Å². The van der Waals surface area contributed by atoms with E-state index in [1.165, 1.54) is 11.4 Å². The summed E-state index contributed by atoms with van der Waals surface area (Å²) < 4.78 is 7.52. The Morgan fingerprint density at radius 3 is 2.95 bits per heavy atom. The molecule has 0 amide bonds. The Hall–Kier alpha value is -1.37. The van der Waals surface area contributed by atoms with E-state index in [4.69, 9.17) is 16.3 Å². The third-order valence-electron chi connectivity index (χ3n) is 4.92. The zero-order valence-electron chi connectivity index (χ0n) is 12.5. The second-order valence-corrected chi connectivity index (χ2v) is 6.47. The molecule has 22 heavy (non-hydrogen) atoms. The third-order valence-corrected chi connectivity index (χ3v) is 5.11. The summed E-state index contributed by atoms with van der Waals surface area (Å²) in [6.07, 6.45) is 8.43. The molecule has 0 atom stereocenters. The topological polar surface area (TPSA) is 59.0 Å². The zero-order valence-corrected chi connectivity index (χ0v) is 13.2. The highest BCUT2D eigenvalue weighted by Gasteiger charge is 2.45. The Morgan fingerprint density at radius 2 is 2.18 bits per heavy atom. The van der Waals surface area contributed by atoms with E-state index in [2.05, 4.69) is 20.0 Å². The van der Waals surface area contributed by atoms with Gasteiger partial charge in [-0.1, -0.05) is 11.6 Å². The first-order chi connectivity index (χ1) is 10.8. The molecule has 0 unspecified atom stereocenters. The number of imidazole rings is 1. The van der Waals surface area contributed by atoms with Crippen LogP contribution in [0, 0.1) is 0 Å². The number of nitrogens with zero attached hydrogens (tertiary/aromatic N) is 4. The number of H-pyrrole nitrogens is 1. The Morgan fingerprint density at radius 1 is 1.32 bits per heavy atom. The predicted molar refractivity (Wildman–Crippen MR) is 82.8 cm³/mol. The molecule has 4 heterocycles. The molecule has 0 saturated carbocycles. The Labute approximate surface area is 134 Å². The van der Waals surface area contributed by atoms with Crippen molar-refractivity contribution in [3.05, 3.63) is 35.1 Å². The smallest absolute Gasteiger partial charge is 0.0926 e. The molecule has 0 aliphatic carbocycles. The van der Waals surface area contributed by atoms with Gasteiger partial charge in [-0.3, -0.25) is 9.58 Å². The average molecular weight is 322 g/mol. The summed E-state index contributed by atoms with van der Waals surface area (Å²) in [5.41, 5.74) is 2.53. The second kappa shape index (κ2) is 5.68. The van der Waals surface area contributed by atoms with Crippen LogP contribution >= 0.6 is 11.6 Å². The van der Waals surface area contributed by atoms with Crippen LogP contribution in [0.25, 0.3) is 0 Å². The van der Waals surface area contributed by atoms with Crippen molar-refractivity contribution in [2.45, 2.75) is 31.3 Å². The monoisotopic (exact) mass is 321 g/mol. The highest BCUT2D eigenvalue weighted by atomic mass is 35.5. The first kappa shape index (κ1) is 14.2. The van der Waals surface area contributed by atoms with Crippen molar-refractivity contribution in [3.8, 4) is 0 Å². The lowest BCUT2D eigenvalue weighted by Crippen LogP contribution is -2.54. The normalized spacial score (nSPS) is 21.1. The van der Waals surface area contributed by atoms with E-state index in [9.17, 15) is 0 Å². The van der Waals surface area contributed by atoms with Gasteiger partial charge in [0.2, 0.25) is 0 Å².